The van der Waals surface area contributed by atoms with Gasteiger partial charge in [0, 0.05) is 32.3 Å². The summed E-state index contributed by atoms with van der Waals surface area (Å²) in [4.78, 5) is 18.2. The van der Waals surface area contributed by atoms with E-state index < -0.39 is 0 Å². The van der Waals surface area contributed by atoms with Crippen LogP contribution in [0.2, 0.25) is 0 Å². The fourth-order valence-corrected chi connectivity index (χ4v) is 2.55. The molecule has 0 unspecified atom stereocenters. The lowest BCUT2D eigenvalue weighted by Gasteiger charge is -2.21. The Hall–Kier alpha value is -1.32. The van der Waals surface area contributed by atoms with E-state index in [4.69, 9.17) is 0 Å². The van der Waals surface area contributed by atoms with Gasteiger partial charge in [-0.1, -0.05) is 26.7 Å². The largest absolute Gasteiger partial charge is 0.343 e. The maximum absolute atomic E-state index is 12.1. The Morgan fingerprint density at radius 1 is 1.19 bits per heavy atom. The molecule has 0 saturated carbocycles. The Balaban J connectivity index is 2.10. The van der Waals surface area contributed by atoms with Gasteiger partial charge in [0.05, 0.1) is 0 Å². The van der Waals surface area contributed by atoms with E-state index in [1.54, 1.807) is 0 Å². The molecule has 0 aliphatic heterocycles. The zero-order chi connectivity index (χ0) is 15.5. The minimum atomic E-state index is 0.332. The molecule has 1 aromatic heterocycles. The number of aryl methyl sites for hydroxylation is 2. The molecule has 1 heterocycles. The number of carbonyl (C=O) groups is 1. The minimum Gasteiger partial charge on any atom is -0.343 e. The first-order chi connectivity index (χ1) is 10.2. The molecule has 1 radical (unpaired) electrons. The normalized spacial score (nSPS) is 10.8. The third-order valence-electron chi connectivity index (χ3n) is 3.73. The smallest absolute Gasteiger partial charge is 0.222 e. The summed E-state index contributed by atoms with van der Waals surface area (Å²) in [6.07, 6.45) is 12.0. The van der Waals surface area contributed by atoms with E-state index in [1.807, 2.05) is 18.0 Å². The van der Waals surface area contributed by atoms with E-state index in [0.717, 1.165) is 57.6 Å². The quantitative estimate of drug-likeness (QED) is 0.585. The molecule has 4 heteroatoms. The fourth-order valence-electron chi connectivity index (χ4n) is 2.55. The first kappa shape index (κ1) is 17.7. The fraction of sp³-hybridized carbons (Fsp3) is 0.765. The van der Waals surface area contributed by atoms with Crippen LogP contribution in [-0.2, 0) is 11.3 Å². The van der Waals surface area contributed by atoms with Crippen LogP contribution in [0, 0.1) is 13.1 Å². The van der Waals surface area contributed by atoms with E-state index in [1.165, 1.54) is 6.42 Å². The average molecular weight is 292 g/mol. The highest BCUT2D eigenvalue weighted by Gasteiger charge is 2.10. The number of hydrogen-bond acceptors (Lipinski definition) is 2. The molecule has 4 nitrogen and oxygen atoms in total. The van der Waals surface area contributed by atoms with Crippen molar-refractivity contribution in [3.8, 4) is 0 Å². The van der Waals surface area contributed by atoms with Crippen molar-refractivity contribution in [3.05, 3.63) is 18.2 Å². The molecule has 0 N–H and O–H groups in total. The molecule has 0 aliphatic rings. The number of hydrogen-bond donors (Lipinski definition) is 0. The van der Waals surface area contributed by atoms with Crippen molar-refractivity contribution in [3.63, 3.8) is 0 Å². The van der Waals surface area contributed by atoms with Crippen molar-refractivity contribution in [1.82, 2.24) is 14.5 Å². The van der Waals surface area contributed by atoms with E-state index in [-0.39, 0.29) is 0 Å². The van der Waals surface area contributed by atoms with Crippen LogP contribution in [0.3, 0.4) is 0 Å². The molecule has 119 valence electrons. The summed E-state index contributed by atoms with van der Waals surface area (Å²) in [5, 5.41) is 0. The molecular weight excluding hydrogens is 262 g/mol. The summed E-state index contributed by atoms with van der Waals surface area (Å²) < 4.78 is 2.13. The van der Waals surface area contributed by atoms with Crippen LogP contribution < -0.4 is 0 Å². The van der Waals surface area contributed by atoms with E-state index >= 15 is 0 Å². The highest BCUT2D eigenvalue weighted by atomic mass is 16.2. The molecule has 0 bridgehead atoms. The summed E-state index contributed by atoms with van der Waals surface area (Å²) in [6, 6.07) is 0. The topological polar surface area (TPSA) is 38.1 Å². The van der Waals surface area contributed by atoms with Crippen molar-refractivity contribution < 1.29 is 4.79 Å². The molecule has 1 amide bonds. The lowest BCUT2D eigenvalue weighted by molar-refractivity contribution is -0.131. The first-order valence-electron chi connectivity index (χ1n) is 8.36. The van der Waals surface area contributed by atoms with Gasteiger partial charge in [0.25, 0.3) is 0 Å². The average Bonchev–Trinajstić information content (AvgIpc) is 2.87. The Morgan fingerprint density at radius 2 is 1.86 bits per heavy atom. The summed E-state index contributed by atoms with van der Waals surface area (Å²) >= 11 is 0. The van der Waals surface area contributed by atoms with Gasteiger partial charge in [0.2, 0.25) is 5.91 Å². The van der Waals surface area contributed by atoms with Gasteiger partial charge >= 0.3 is 0 Å². The van der Waals surface area contributed by atoms with Crippen LogP contribution in [0.15, 0.2) is 6.20 Å². The highest BCUT2D eigenvalue weighted by Crippen LogP contribution is 2.08. The van der Waals surface area contributed by atoms with E-state index in [0.29, 0.717) is 12.3 Å². The zero-order valence-corrected chi connectivity index (χ0v) is 13.9. The van der Waals surface area contributed by atoms with E-state index in [2.05, 4.69) is 29.6 Å². The zero-order valence-electron chi connectivity index (χ0n) is 13.9. The van der Waals surface area contributed by atoms with Crippen molar-refractivity contribution in [1.29, 1.82) is 0 Å². The second-order valence-electron chi connectivity index (χ2n) is 5.66. The molecule has 0 atom stereocenters. The Morgan fingerprint density at radius 3 is 2.43 bits per heavy atom. The summed E-state index contributed by atoms with van der Waals surface area (Å²) in [7, 11) is 0. The minimum absolute atomic E-state index is 0.332. The molecule has 1 aromatic rings. The van der Waals surface area contributed by atoms with Crippen molar-refractivity contribution in [2.24, 2.45) is 0 Å². The van der Waals surface area contributed by atoms with Crippen LogP contribution in [0.4, 0.5) is 0 Å². The lowest BCUT2D eigenvalue weighted by Crippen LogP contribution is -2.32. The van der Waals surface area contributed by atoms with Gasteiger partial charge < -0.3 is 9.47 Å². The van der Waals surface area contributed by atoms with Crippen LogP contribution in [0.5, 0.6) is 0 Å². The molecule has 0 saturated heterocycles. The van der Waals surface area contributed by atoms with Gasteiger partial charge in [-0.15, -0.1) is 0 Å². The Bertz CT molecular complexity index is 394. The van der Waals surface area contributed by atoms with Gasteiger partial charge in [-0.05, 0) is 32.6 Å². The van der Waals surface area contributed by atoms with Gasteiger partial charge in [-0.25, -0.2) is 4.98 Å². The molecule has 21 heavy (non-hydrogen) atoms. The lowest BCUT2D eigenvalue weighted by atomic mass is 10.1. The Kier molecular flexibility index (Phi) is 8.79. The Labute approximate surface area is 129 Å². The van der Waals surface area contributed by atoms with Gasteiger partial charge in [0.15, 0.2) is 0 Å². The highest BCUT2D eigenvalue weighted by molar-refractivity contribution is 5.76. The number of nitrogens with zero attached hydrogens (tertiary/aromatic N) is 3. The predicted molar refractivity (Wildman–Crippen MR) is 86.0 cm³/mol. The monoisotopic (exact) mass is 292 g/mol. The molecular formula is C17H30N3O. The molecule has 0 aromatic carbocycles. The maximum atomic E-state index is 12.1. The second kappa shape index (κ2) is 10.4. The van der Waals surface area contributed by atoms with Crippen LogP contribution in [-0.4, -0.2) is 33.4 Å². The van der Waals surface area contributed by atoms with Gasteiger partial charge in [0.1, 0.15) is 12.0 Å². The summed E-state index contributed by atoms with van der Waals surface area (Å²) in [6.45, 7) is 9.09. The third-order valence-corrected chi connectivity index (χ3v) is 3.73. The third kappa shape index (κ3) is 6.78. The molecule has 0 fully saturated rings. The number of rotatable bonds is 11. The number of amides is 1. The predicted octanol–water partition coefficient (Wildman–Crippen LogP) is 3.59. The van der Waals surface area contributed by atoms with Crippen LogP contribution >= 0.6 is 0 Å². The standard InChI is InChI=1S/C17H30N3O/c1-4-12-20(13-5-2)17(21)10-8-6-7-9-14-19-15-11-18-16(19)3/h15H,4-10,12-14H2,1-3H3. The van der Waals surface area contributed by atoms with Crippen LogP contribution in [0.25, 0.3) is 0 Å². The summed E-state index contributed by atoms with van der Waals surface area (Å²) in [5.41, 5.74) is 0. The molecule has 1 rings (SSSR count). The first-order valence-corrected chi connectivity index (χ1v) is 8.36. The molecule has 0 spiro atoms. The number of aromatic nitrogens is 2. The summed E-state index contributed by atoms with van der Waals surface area (Å²) in [5.74, 6) is 1.36. The van der Waals surface area contributed by atoms with Crippen molar-refractivity contribution in [2.75, 3.05) is 13.1 Å². The van der Waals surface area contributed by atoms with Crippen molar-refractivity contribution >= 4 is 5.91 Å². The van der Waals surface area contributed by atoms with Gasteiger partial charge in [-0.3, -0.25) is 4.79 Å². The number of imidazole rings is 1. The number of unbranched alkanes of at least 4 members (excludes halogenated alkanes) is 3. The van der Waals surface area contributed by atoms with Crippen LogP contribution in [0.1, 0.15) is 64.6 Å². The second-order valence-corrected chi connectivity index (χ2v) is 5.66. The SMILES string of the molecule is CCCN(CCC)C(=O)CCCCCCn1c[c]nc1C. The number of carbonyl (C=O) groups excluding carboxylic acids is 1. The van der Waals surface area contributed by atoms with Crippen molar-refractivity contribution in [2.45, 2.75) is 72.3 Å². The van der Waals surface area contributed by atoms with E-state index in [9.17, 15) is 4.79 Å². The van der Waals surface area contributed by atoms with Gasteiger partial charge in [-0.2, -0.15) is 0 Å². The maximum Gasteiger partial charge on any atom is 0.222 e. The molecule has 0 aliphatic carbocycles.